The van der Waals surface area contributed by atoms with Crippen molar-refractivity contribution in [1.82, 2.24) is 15.5 Å². The van der Waals surface area contributed by atoms with Crippen LogP contribution in [0.3, 0.4) is 0 Å². The van der Waals surface area contributed by atoms with E-state index in [-0.39, 0.29) is 5.91 Å². The van der Waals surface area contributed by atoms with Crippen molar-refractivity contribution in [2.45, 2.75) is 63.8 Å². The molecule has 2 aromatic rings. The van der Waals surface area contributed by atoms with Crippen molar-refractivity contribution in [3.63, 3.8) is 0 Å². The van der Waals surface area contributed by atoms with E-state index in [2.05, 4.69) is 21.6 Å². The number of aryl methyl sites for hydroxylation is 1. The summed E-state index contributed by atoms with van der Waals surface area (Å²) in [7, 11) is 1.68. The van der Waals surface area contributed by atoms with Crippen LogP contribution in [0.2, 0.25) is 0 Å². The summed E-state index contributed by atoms with van der Waals surface area (Å²) in [5.41, 5.74) is 4.94. The molecule has 0 atom stereocenters. The Balaban J connectivity index is 1.54. The van der Waals surface area contributed by atoms with Crippen LogP contribution in [-0.2, 0) is 12.8 Å². The van der Waals surface area contributed by atoms with Gasteiger partial charge in [0.15, 0.2) is 0 Å². The van der Waals surface area contributed by atoms with E-state index in [0.29, 0.717) is 11.7 Å². The van der Waals surface area contributed by atoms with Gasteiger partial charge < -0.3 is 10.1 Å². The number of hydrogen-bond donors (Lipinski definition) is 2. The number of amides is 1. The molecule has 1 aromatic carbocycles. The Morgan fingerprint density at radius 2 is 1.92 bits per heavy atom. The molecule has 0 bridgehead atoms. The molecular formula is C21H27N3O2. The molecular weight excluding hydrogens is 326 g/mol. The highest BCUT2D eigenvalue weighted by atomic mass is 16.5. The Labute approximate surface area is 154 Å². The number of nitrogens with zero attached hydrogens (tertiary/aromatic N) is 1. The first-order valence-electron chi connectivity index (χ1n) is 9.81. The maximum absolute atomic E-state index is 12.9. The molecule has 5 nitrogen and oxygen atoms in total. The van der Waals surface area contributed by atoms with Crippen LogP contribution in [0.15, 0.2) is 18.2 Å². The Kier molecular flexibility index (Phi) is 4.96. The number of aromatic amines is 1. The lowest BCUT2D eigenvalue weighted by Gasteiger charge is -2.21. The number of nitrogens with one attached hydrogen (secondary N) is 2. The second-order valence-corrected chi connectivity index (χ2v) is 7.46. The number of H-pyrrole nitrogens is 1. The summed E-state index contributed by atoms with van der Waals surface area (Å²) in [5.74, 6) is 0.867. The molecule has 1 saturated carbocycles. The molecule has 1 aromatic heterocycles. The highest BCUT2D eigenvalue weighted by Gasteiger charge is 2.26. The third-order valence-electron chi connectivity index (χ3n) is 5.75. The average Bonchev–Trinajstić information content (AvgIpc) is 3.07. The summed E-state index contributed by atoms with van der Waals surface area (Å²) in [6.45, 7) is 0. The van der Waals surface area contributed by atoms with Crippen molar-refractivity contribution in [3.05, 3.63) is 35.0 Å². The lowest BCUT2D eigenvalue weighted by molar-refractivity contribution is 0.0924. The summed E-state index contributed by atoms with van der Waals surface area (Å²) >= 11 is 0. The van der Waals surface area contributed by atoms with Crippen LogP contribution in [0.5, 0.6) is 5.75 Å². The molecule has 0 aliphatic heterocycles. The van der Waals surface area contributed by atoms with Gasteiger partial charge in [0, 0.05) is 17.2 Å². The number of rotatable bonds is 3. The highest BCUT2D eigenvalue weighted by Crippen LogP contribution is 2.35. The predicted molar refractivity (Wildman–Crippen MR) is 102 cm³/mol. The summed E-state index contributed by atoms with van der Waals surface area (Å²) in [6, 6.07) is 6.36. The Hall–Kier alpha value is -2.30. The van der Waals surface area contributed by atoms with Crippen molar-refractivity contribution in [2.75, 3.05) is 7.11 Å². The van der Waals surface area contributed by atoms with E-state index < -0.39 is 0 Å². The molecule has 2 aliphatic carbocycles. The number of aromatic nitrogens is 2. The summed E-state index contributed by atoms with van der Waals surface area (Å²) < 4.78 is 5.32. The highest BCUT2D eigenvalue weighted by molar-refractivity contribution is 5.96. The van der Waals surface area contributed by atoms with Crippen LogP contribution in [0, 0.1) is 0 Å². The summed E-state index contributed by atoms with van der Waals surface area (Å²) in [5, 5.41) is 10.7. The van der Waals surface area contributed by atoms with Gasteiger partial charge in [0.05, 0.1) is 12.8 Å². The van der Waals surface area contributed by atoms with Gasteiger partial charge in [0.1, 0.15) is 11.4 Å². The molecule has 1 amide bonds. The van der Waals surface area contributed by atoms with E-state index in [0.717, 1.165) is 48.3 Å². The topological polar surface area (TPSA) is 67.0 Å². The number of methoxy groups -OCH3 is 1. The standard InChI is InChI=1S/C21H27N3O2/c1-26-16-10-12-17-14(13-16)9-11-18-19(17)23-24-20(18)21(25)22-15-7-5-3-2-4-6-8-15/h10,12-13,15H,2-9,11H2,1H3,(H,22,25)(H,23,24). The van der Waals surface area contributed by atoms with E-state index >= 15 is 0 Å². The lowest BCUT2D eigenvalue weighted by atomic mass is 9.88. The van der Waals surface area contributed by atoms with Crippen LogP contribution in [-0.4, -0.2) is 29.3 Å². The minimum absolute atomic E-state index is 0.00119. The van der Waals surface area contributed by atoms with Gasteiger partial charge in [-0.15, -0.1) is 0 Å². The third kappa shape index (κ3) is 3.35. The molecule has 0 saturated heterocycles. The van der Waals surface area contributed by atoms with Crippen LogP contribution >= 0.6 is 0 Å². The second kappa shape index (κ2) is 7.52. The number of carbonyl (C=O) groups is 1. The monoisotopic (exact) mass is 353 g/mol. The molecule has 1 heterocycles. The number of ether oxygens (including phenoxy) is 1. The maximum Gasteiger partial charge on any atom is 0.269 e. The number of hydrogen-bond acceptors (Lipinski definition) is 3. The summed E-state index contributed by atoms with van der Waals surface area (Å²) in [6.07, 6.45) is 10.2. The lowest BCUT2D eigenvalue weighted by Crippen LogP contribution is -2.36. The normalized spacial score (nSPS) is 17.6. The molecule has 4 rings (SSSR count). The van der Waals surface area contributed by atoms with Crippen molar-refractivity contribution in [2.24, 2.45) is 0 Å². The summed E-state index contributed by atoms with van der Waals surface area (Å²) in [4.78, 5) is 12.9. The quantitative estimate of drug-likeness (QED) is 0.875. The molecule has 5 heteroatoms. The Morgan fingerprint density at radius 3 is 2.69 bits per heavy atom. The molecule has 0 spiro atoms. The van der Waals surface area contributed by atoms with Gasteiger partial charge >= 0.3 is 0 Å². The fourth-order valence-corrected chi connectivity index (χ4v) is 4.27. The molecule has 2 aliphatic rings. The number of fused-ring (bicyclic) bond motifs is 3. The van der Waals surface area contributed by atoms with E-state index in [1.807, 2.05) is 12.1 Å². The van der Waals surface area contributed by atoms with Crippen molar-refractivity contribution < 1.29 is 9.53 Å². The molecule has 0 radical (unpaired) electrons. The van der Waals surface area contributed by atoms with Crippen LogP contribution in [0.4, 0.5) is 0 Å². The van der Waals surface area contributed by atoms with E-state index in [4.69, 9.17) is 4.74 Å². The van der Waals surface area contributed by atoms with Crippen LogP contribution in [0.25, 0.3) is 11.3 Å². The zero-order chi connectivity index (χ0) is 17.9. The second-order valence-electron chi connectivity index (χ2n) is 7.46. The van der Waals surface area contributed by atoms with Gasteiger partial charge in [-0.05, 0) is 49.4 Å². The largest absolute Gasteiger partial charge is 0.497 e. The van der Waals surface area contributed by atoms with Gasteiger partial charge in [-0.3, -0.25) is 9.89 Å². The van der Waals surface area contributed by atoms with Gasteiger partial charge in [0.25, 0.3) is 5.91 Å². The minimum atomic E-state index is 0.00119. The first-order valence-corrected chi connectivity index (χ1v) is 9.81. The van der Waals surface area contributed by atoms with Gasteiger partial charge in [0.2, 0.25) is 0 Å². The molecule has 26 heavy (non-hydrogen) atoms. The molecule has 0 unspecified atom stereocenters. The van der Waals surface area contributed by atoms with Crippen molar-refractivity contribution in [1.29, 1.82) is 0 Å². The fourth-order valence-electron chi connectivity index (χ4n) is 4.27. The smallest absolute Gasteiger partial charge is 0.269 e. The van der Waals surface area contributed by atoms with Crippen LogP contribution < -0.4 is 10.1 Å². The van der Waals surface area contributed by atoms with Crippen molar-refractivity contribution in [3.8, 4) is 17.0 Å². The predicted octanol–water partition coefficient (Wildman–Crippen LogP) is 4.03. The first kappa shape index (κ1) is 17.1. The van der Waals surface area contributed by atoms with Gasteiger partial charge in [-0.25, -0.2) is 0 Å². The van der Waals surface area contributed by atoms with Crippen molar-refractivity contribution >= 4 is 5.91 Å². The van der Waals surface area contributed by atoms with E-state index in [1.165, 1.54) is 37.7 Å². The Bertz CT molecular complexity index is 789. The first-order chi connectivity index (χ1) is 12.8. The zero-order valence-corrected chi connectivity index (χ0v) is 15.4. The Morgan fingerprint density at radius 1 is 1.15 bits per heavy atom. The van der Waals surface area contributed by atoms with Gasteiger partial charge in [-0.1, -0.05) is 32.1 Å². The number of benzene rings is 1. The SMILES string of the molecule is COc1ccc2c(c1)CCc1c-2n[nH]c1C(=O)NC1CCCCCCC1. The molecule has 138 valence electrons. The minimum Gasteiger partial charge on any atom is -0.497 e. The average molecular weight is 353 g/mol. The third-order valence-corrected chi connectivity index (χ3v) is 5.75. The zero-order valence-electron chi connectivity index (χ0n) is 15.4. The van der Waals surface area contributed by atoms with Gasteiger partial charge in [-0.2, -0.15) is 5.10 Å². The number of carbonyl (C=O) groups excluding carboxylic acids is 1. The molecule has 2 N–H and O–H groups in total. The molecule has 1 fully saturated rings. The fraction of sp³-hybridized carbons (Fsp3) is 0.524. The van der Waals surface area contributed by atoms with E-state index in [1.54, 1.807) is 7.11 Å². The van der Waals surface area contributed by atoms with Crippen LogP contribution in [0.1, 0.15) is 66.6 Å². The maximum atomic E-state index is 12.9. The van der Waals surface area contributed by atoms with E-state index in [9.17, 15) is 4.79 Å².